The number of aryl methyl sites for hydroxylation is 1. The monoisotopic (exact) mass is 295 g/mol. The maximum absolute atomic E-state index is 12.1. The topological polar surface area (TPSA) is 54.0 Å². The number of carbonyl (C=O) groups is 1. The number of anilines is 1. The molecule has 0 radical (unpaired) electrons. The highest BCUT2D eigenvalue weighted by Crippen LogP contribution is 2.23. The van der Waals surface area contributed by atoms with Crippen molar-refractivity contribution in [3.05, 3.63) is 59.8 Å². The standard InChI is InChI=1S/C18H21N3O/c22-18(20-11-4-7-14-5-2-1-3-6-14)15-10-12-19-17(13-15)21-16-8-9-16/h1-3,5-6,10,12-13,16H,4,7-9,11H2,(H,19,21)(H,20,22). The summed E-state index contributed by atoms with van der Waals surface area (Å²) >= 11 is 0. The van der Waals surface area contributed by atoms with Gasteiger partial charge in [-0.25, -0.2) is 4.98 Å². The Bertz CT molecular complexity index is 623. The molecular formula is C18H21N3O. The van der Waals surface area contributed by atoms with Crippen molar-refractivity contribution >= 4 is 11.7 Å². The van der Waals surface area contributed by atoms with Crippen molar-refractivity contribution in [2.45, 2.75) is 31.7 Å². The Balaban J connectivity index is 1.45. The van der Waals surface area contributed by atoms with Gasteiger partial charge in [0.1, 0.15) is 5.82 Å². The Morgan fingerprint density at radius 1 is 1.18 bits per heavy atom. The van der Waals surface area contributed by atoms with Crippen LogP contribution in [0.4, 0.5) is 5.82 Å². The lowest BCUT2D eigenvalue weighted by molar-refractivity contribution is 0.0953. The second-order valence-electron chi connectivity index (χ2n) is 5.69. The molecule has 1 heterocycles. The van der Waals surface area contributed by atoms with Gasteiger partial charge in [-0.3, -0.25) is 4.79 Å². The van der Waals surface area contributed by atoms with Crippen molar-refractivity contribution in [2.24, 2.45) is 0 Å². The molecule has 0 atom stereocenters. The smallest absolute Gasteiger partial charge is 0.251 e. The van der Waals surface area contributed by atoms with Gasteiger partial charge in [0.2, 0.25) is 0 Å². The van der Waals surface area contributed by atoms with E-state index in [0.717, 1.165) is 18.7 Å². The van der Waals surface area contributed by atoms with Crippen LogP contribution in [-0.2, 0) is 6.42 Å². The lowest BCUT2D eigenvalue weighted by Crippen LogP contribution is -2.25. The molecule has 1 aromatic carbocycles. The van der Waals surface area contributed by atoms with E-state index in [2.05, 4.69) is 27.8 Å². The summed E-state index contributed by atoms with van der Waals surface area (Å²) in [5.74, 6) is 0.758. The number of hydrogen-bond acceptors (Lipinski definition) is 3. The molecule has 1 aliphatic rings. The number of rotatable bonds is 7. The van der Waals surface area contributed by atoms with Gasteiger partial charge in [0.05, 0.1) is 0 Å². The molecule has 1 aliphatic carbocycles. The van der Waals surface area contributed by atoms with Crippen molar-refractivity contribution in [1.82, 2.24) is 10.3 Å². The summed E-state index contributed by atoms with van der Waals surface area (Å²) in [6, 6.07) is 14.4. The van der Waals surface area contributed by atoms with E-state index in [4.69, 9.17) is 0 Å². The molecule has 2 N–H and O–H groups in total. The fraction of sp³-hybridized carbons (Fsp3) is 0.333. The molecule has 22 heavy (non-hydrogen) atoms. The highest BCUT2D eigenvalue weighted by molar-refractivity contribution is 5.94. The highest BCUT2D eigenvalue weighted by Gasteiger charge is 2.21. The maximum atomic E-state index is 12.1. The van der Waals surface area contributed by atoms with Gasteiger partial charge < -0.3 is 10.6 Å². The third-order valence-corrected chi connectivity index (χ3v) is 3.72. The number of hydrogen-bond donors (Lipinski definition) is 2. The molecule has 0 saturated heterocycles. The van der Waals surface area contributed by atoms with Crippen LogP contribution in [0.3, 0.4) is 0 Å². The summed E-state index contributed by atoms with van der Waals surface area (Å²) in [4.78, 5) is 16.4. The van der Waals surface area contributed by atoms with Crippen molar-refractivity contribution < 1.29 is 4.79 Å². The lowest BCUT2D eigenvalue weighted by Gasteiger charge is -2.07. The average Bonchev–Trinajstić information content (AvgIpc) is 3.36. The quantitative estimate of drug-likeness (QED) is 0.772. The summed E-state index contributed by atoms with van der Waals surface area (Å²) in [7, 11) is 0. The number of nitrogens with one attached hydrogen (secondary N) is 2. The Labute approximate surface area is 131 Å². The molecular weight excluding hydrogens is 274 g/mol. The molecule has 1 fully saturated rings. The van der Waals surface area contributed by atoms with Gasteiger partial charge >= 0.3 is 0 Å². The molecule has 0 bridgehead atoms. The fourth-order valence-corrected chi connectivity index (χ4v) is 2.33. The predicted octanol–water partition coefficient (Wildman–Crippen LogP) is 3.02. The zero-order chi connectivity index (χ0) is 15.2. The fourth-order valence-electron chi connectivity index (χ4n) is 2.33. The Kier molecular flexibility index (Phi) is 4.68. The van der Waals surface area contributed by atoms with Crippen LogP contribution in [0.2, 0.25) is 0 Å². The van der Waals surface area contributed by atoms with E-state index in [-0.39, 0.29) is 5.91 Å². The number of nitrogens with zero attached hydrogens (tertiary/aromatic N) is 1. The Hall–Kier alpha value is -2.36. The SMILES string of the molecule is O=C(NCCCc1ccccc1)c1ccnc(NC2CC2)c1. The molecule has 0 aliphatic heterocycles. The minimum absolute atomic E-state index is 0.0330. The van der Waals surface area contributed by atoms with Gasteiger partial charge in [-0.1, -0.05) is 30.3 Å². The van der Waals surface area contributed by atoms with Gasteiger partial charge in [0, 0.05) is 24.3 Å². The van der Waals surface area contributed by atoms with Crippen molar-refractivity contribution in [3.8, 4) is 0 Å². The zero-order valence-corrected chi connectivity index (χ0v) is 12.6. The molecule has 1 saturated carbocycles. The first kappa shape index (κ1) is 14.6. The van der Waals surface area contributed by atoms with Crippen LogP contribution in [0.5, 0.6) is 0 Å². The van der Waals surface area contributed by atoms with Crippen molar-refractivity contribution in [1.29, 1.82) is 0 Å². The summed E-state index contributed by atoms with van der Waals surface area (Å²) < 4.78 is 0. The second kappa shape index (κ2) is 7.07. The van der Waals surface area contributed by atoms with Crippen LogP contribution in [0.25, 0.3) is 0 Å². The van der Waals surface area contributed by atoms with Gasteiger partial charge in [0.15, 0.2) is 0 Å². The normalized spacial score (nSPS) is 13.6. The summed E-state index contributed by atoms with van der Waals surface area (Å²) in [6.07, 6.45) is 5.98. The zero-order valence-electron chi connectivity index (χ0n) is 12.6. The van der Waals surface area contributed by atoms with Crippen LogP contribution in [0, 0.1) is 0 Å². The van der Waals surface area contributed by atoms with E-state index in [1.54, 1.807) is 12.3 Å². The van der Waals surface area contributed by atoms with Crippen LogP contribution in [0.1, 0.15) is 35.2 Å². The van der Waals surface area contributed by atoms with Crippen LogP contribution in [0.15, 0.2) is 48.7 Å². The van der Waals surface area contributed by atoms with Crippen molar-refractivity contribution in [2.75, 3.05) is 11.9 Å². The summed E-state index contributed by atoms with van der Waals surface area (Å²) in [5.41, 5.74) is 1.97. The third kappa shape index (κ3) is 4.32. The Morgan fingerprint density at radius 2 is 2.00 bits per heavy atom. The first-order chi connectivity index (χ1) is 10.8. The largest absolute Gasteiger partial charge is 0.367 e. The predicted molar refractivity (Wildman–Crippen MR) is 88.0 cm³/mol. The minimum Gasteiger partial charge on any atom is -0.367 e. The number of aromatic nitrogens is 1. The summed E-state index contributed by atoms with van der Waals surface area (Å²) in [6.45, 7) is 0.682. The molecule has 1 aromatic heterocycles. The minimum atomic E-state index is -0.0330. The van der Waals surface area contributed by atoms with Gasteiger partial charge in [-0.15, -0.1) is 0 Å². The van der Waals surface area contributed by atoms with Crippen LogP contribution >= 0.6 is 0 Å². The number of pyridine rings is 1. The molecule has 4 nitrogen and oxygen atoms in total. The molecule has 0 spiro atoms. The maximum Gasteiger partial charge on any atom is 0.251 e. The van der Waals surface area contributed by atoms with Gasteiger partial charge in [0.25, 0.3) is 5.91 Å². The van der Waals surface area contributed by atoms with Gasteiger partial charge in [-0.05, 0) is 43.4 Å². The van der Waals surface area contributed by atoms with Crippen molar-refractivity contribution in [3.63, 3.8) is 0 Å². The first-order valence-electron chi connectivity index (χ1n) is 7.86. The van der Waals surface area contributed by atoms with E-state index in [0.29, 0.717) is 18.2 Å². The number of benzene rings is 1. The van der Waals surface area contributed by atoms with Crippen LogP contribution < -0.4 is 10.6 Å². The average molecular weight is 295 g/mol. The summed E-state index contributed by atoms with van der Waals surface area (Å²) in [5, 5.41) is 6.28. The second-order valence-corrected chi connectivity index (χ2v) is 5.69. The highest BCUT2D eigenvalue weighted by atomic mass is 16.1. The van der Waals surface area contributed by atoms with Crippen LogP contribution in [-0.4, -0.2) is 23.5 Å². The van der Waals surface area contributed by atoms with Gasteiger partial charge in [-0.2, -0.15) is 0 Å². The van der Waals surface area contributed by atoms with E-state index in [1.165, 1.54) is 18.4 Å². The molecule has 4 heteroatoms. The first-order valence-corrected chi connectivity index (χ1v) is 7.86. The molecule has 2 aromatic rings. The lowest BCUT2D eigenvalue weighted by atomic mass is 10.1. The molecule has 3 rings (SSSR count). The third-order valence-electron chi connectivity index (χ3n) is 3.72. The number of carbonyl (C=O) groups excluding carboxylic acids is 1. The van der Waals surface area contributed by atoms with E-state index in [1.807, 2.05) is 24.3 Å². The number of amides is 1. The van der Waals surface area contributed by atoms with E-state index < -0.39 is 0 Å². The van der Waals surface area contributed by atoms with E-state index >= 15 is 0 Å². The van der Waals surface area contributed by atoms with E-state index in [9.17, 15) is 4.79 Å². The molecule has 114 valence electrons. The Morgan fingerprint density at radius 3 is 2.77 bits per heavy atom. The molecule has 1 amide bonds. The molecule has 0 unspecified atom stereocenters.